The zero-order valence-corrected chi connectivity index (χ0v) is 18.9. The van der Waals surface area contributed by atoms with E-state index in [9.17, 15) is 24.2 Å². The van der Waals surface area contributed by atoms with Gasteiger partial charge in [0.2, 0.25) is 0 Å². The predicted octanol–water partition coefficient (Wildman–Crippen LogP) is 5.91. The summed E-state index contributed by atoms with van der Waals surface area (Å²) in [5, 5.41) is 30.8. The molecule has 3 N–H and O–H groups in total. The first-order valence-corrected chi connectivity index (χ1v) is 10.6. The second-order valence-electron chi connectivity index (χ2n) is 7.83. The predicted molar refractivity (Wildman–Crippen MR) is 130 cm³/mol. The van der Waals surface area contributed by atoms with Crippen molar-refractivity contribution in [2.45, 2.75) is 13.8 Å². The standard InChI is InChI=1S/C26H21FN4O4/c1-15-9-12-20(27)13-18(15)11-10-17-5-4-8-22(24(17)32)28-29-23-16(2)30-31(25(23)33)21-7-3-6-19(14-21)26(34)35/h3-14,30,32H,1-2H3,(H,34,35)/b11-10+,29-28?. The number of benzene rings is 3. The average molecular weight is 472 g/mol. The first-order chi connectivity index (χ1) is 16.7. The molecule has 4 aromatic rings. The lowest BCUT2D eigenvalue weighted by Gasteiger charge is -2.03. The van der Waals surface area contributed by atoms with E-state index in [1.54, 1.807) is 49.4 Å². The van der Waals surface area contributed by atoms with Crippen molar-refractivity contribution in [3.05, 3.63) is 105 Å². The van der Waals surface area contributed by atoms with Crippen molar-refractivity contribution < 1.29 is 19.4 Å². The zero-order valence-electron chi connectivity index (χ0n) is 18.9. The van der Waals surface area contributed by atoms with Crippen molar-refractivity contribution in [2.24, 2.45) is 10.2 Å². The van der Waals surface area contributed by atoms with Crippen LogP contribution in [0.1, 0.15) is 32.7 Å². The van der Waals surface area contributed by atoms with Crippen LogP contribution in [0.25, 0.3) is 17.8 Å². The van der Waals surface area contributed by atoms with Gasteiger partial charge in [-0.1, -0.05) is 36.4 Å². The Balaban J connectivity index is 1.64. The fourth-order valence-electron chi connectivity index (χ4n) is 3.45. The Hall–Kier alpha value is -4.79. The molecule has 0 radical (unpaired) electrons. The summed E-state index contributed by atoms with van der Waals surface area (Å²) >= 11 is 0. The minimum absolute atomic E-state index is 0.0152. The molecule has 0 fully saturated rings. The van der Waals surface area contributed by atoms with Gasteiger partial charge in [-0.2, -0.15) is 0 Å². The summed E-state index contributed by atoms with van der Waals surface area (Å²) in [5.41, 5.74) is 2.42. The number of phenolic OH excluding ortho intramolecular Hbond substituents is 1. The summed E-state index contributed by atoms with van der Waals surface area (Å²) < 4.78 is 14.7. The molecule has 0 saturated carbocycles. The van der Waals surface area contributed by atoms with E-state index in [4.69, 9.17) is 0 Å². The van der Waals surface area contributed by atoms with Crippen molar-refractivity contribution in [2.75, 3.05) is 0 Å². The van der Waals surface area contributed by atoms with E-state index in [2.05, 4.69) is 15.3 Å². The van der Waals surface area contributed by atoms with Crippen LogP contribution in [-0.2, 0) is 0 Å². The number of hydrogen-bond donors (Lipinski definition) is 3. The minimum Gasteiger partial charge on any atom is -0.505 e. The number of aromatic amines is 1. The number of nitrogens with zero attached hydrogens (tertiary/aromatic N) is 3. The number of aromatic nitrogens is 2. The highest BCUT2D eigenvalue weighted by atomic mass is 19.1. The number of rotatable bonds is 6. The van der Waals surface area contributed by atoms with Crippen molar-refractivity contribution in [3.8, 4) is 11.4 Å². The summed E-state index contributed by atoms with van der Waals surface area (Å²) in [6, 6.07) is 15.2. The largest absolute Gasteiger partial charge is 0.505 e. The third-order valence-electron chi connectivity index (χ3n) is 5.38. The molecule has 0 atom stereocenters. The molecule has 8 nitrogen and oxygen atoms in total. The van der Waals surface area contributed by atoms with Crippen LogP contribution in [0, 0.1) is 19.7 Å². The third kappa shape index (κ3) is 4.93. The van der Waals surface area contributed by atoms with Crippen molar-refractivity contribution in [3.63, 3.8) is 0 Å². The highest BCUT2D eigenvalue weighted by molar-refractivity contribution is 5.88. The number of para-hydroxylation sites is 1. The maximum absolute atomic E-state index is 13.5. The molecule has 0 aliphatic carbocycles. The molecular formula is C26H21FN4O4. The van der Waals surface area contributed by atoms with E-state index < -0.39 is 11.5 Å². The van der Waals surface area contributed by atoms with Crippen molar-refractivity contribution >= 4 is 29.5 Å². The van der Waals surface area contributed by atoms with Crippen LogP contribution >= 0.6 is 0 Å². The number of carbonyl (C=O) groups is 1. The van der Waals surface area contributed by atoms with Crippen LogP contribution in [0.5, 0.6) is 5.75 Å². The summed E-state index contributed by atoms with van der Waals surface area (Å²) in [6.45, 7) is 3.49. The van der Waals surface area contributed by atoms with Crippen LogP contribution in [0.15, 0.2) is 75.7 Å². The molecular weight excluding hydrogens is 451 g/mol. The maximum atomic E-state index is 13.5. The highest BCUT2D eigenvalue weighted by Crippen LogP contribution is 2.33. The van der Waals surface area contributed by atoms with E-state index in [1.165, 1.54) is 35.0 Å². The molecule has 3 aromatic carbocycles. The molecule has 0 aliphatic heterocycles. The number of aryl methyl sites for hydroxylation is 2. The van der Waals surface area contributed by atoms with Crippen LogP contribution < -0.4 is 5.56 Å². The second-order valence-corrected chi connectivity index (χ2v) is 7.83. The number of aromatic carboxylic acids is 1. The van der Waals surface area contributed by atoms with Crippen LogP contribution in [0.3, 0.4) is 0 Å². The Morgan fingerprint density at radius 3 is 2.51 bits per heavy atom. The van der Waals surface area contributed by atoms with Crippen LogP contribution in [0.4, 0.5) is 15.8 Å². The van der Waals surface area contributed by atoms with E-state index in [0.29, 0.717) is 22.5 Å². The Labute approximate surface area is 199 Å². The molecule has 0 bridgehead atoms. The molecule has 4 rings (SSSR count). The lowest BCUT2D eigenvalue weighted by molar-refractivity contribution is 0.0697. The quantitative estimate of drug-likeness (QED) is 0.239. The number of nitrogens with one attached hydrogen (secondary N) is 1. The van der Waals surface area contributed by atoms with Crippen LogP contribution in [-0.4, -0.2) is 26.0 Å². The number of H-pyrrole nitrogens is 1. The van der Waals surface area contributed by atoms with Gasteiger partial charge in [-0.3, -0.25) is 9.89 Å². The molecule has 0 unspecified atom stereocenters. The summed E-state index contributed by atoms with van der Waals surface area (Å²) in [4.78, 5) is 24.1. The SMILES string of the molecule is Cc1ccc(F)cc1/C=C/c1cccc(N=Nc2c(C)[nH]n(-c3cccc(C(=O)O)c3)c2=O)c1O. The number of azo groups is 1. The van der Waals surface area contributed by atoms with E-state index in [1.807, 2.05) is 6.92 Å². The van der Waals surface area contributed by atoms with Gasteiger partial charge >= 0.3 is 5.97 Å². The van der Waals surface area contributed by atoms with Gasteiger partial charge in [0.25, 0.3) is 5.56 Å². The third-order valence-corrected chi connectivity index (χ3v) is 5.38. The summed E-state index contributed by atoms with van der Waals surface area (Å²) in [5.74, 6) is -1.62. The van der Waals surface area contributed by atoms with Crippen molar-refractivity contribution in [1.29, 1.82) is 0 Å². The lowest BCUT2D eigenvalue weighted by atomic mass is 10.1. The maximum Gasteiger partial charge on any atom is 0.335 e. The Bertz CT molecular complexity index is 1550. The number of aromatic hydroxyl groups is 1. The van der Waals surface area contributed by atoms with Gasteiger partial charge < -0.3 is 10.2 Å². The number of hydrogen-bond acceptors (Lipinski definition) is 5. The Morgan fingerprint density at radius 2 is 1.74 bits per heavy atom. The molecule has 9 heteroatoms. The first-order valence-electron chi connectivity index (χ1n) is 10.6. The van der Waals surface area contributed by atoms with E-state index >= 15 is 0 Å². The fourth-order valence-corrected chi connectivity index (χ4v) is 3.45. The second kappa shape index (κ2) is 9.60. The monoisotopic (exact) mass is 472 g/mol. The van der Waals surface area contributed by atoms with Gasteiger partial charge in [-0.15, -0.1) is 10.2 Å². The molecule has 35 heavy (non-hydrogen) atoms. The molecule has 176 valence electrons. The normalized spacial score (nSPS) is 11.5. The van der Waals surface area contributed by atoms with Crippen molar-refractivity contribution in [1.82, 2.24) is 9.78 Å². The number of halogens is 1. The van der Waals surface area contributed by atoms with Gasteiger partial charge in [0.15, 0.2) is 5.69 Å². The average Bonchev–Trinajstić information content (AvgIpc) is 3.12. The Morgan fingerprint density at radius 1 is 1.00 bits per heavy atom. The van der Waals surface area contributed by atoms with E-state index in [0.717, 1.165) is 5.56 Å². The van der Waals surface area contributed by atoms with Crippen LogP contribution in [0.2, 0.25) is 0 Å². The molecule has 1 heterocycles. The number of carboxylic acids is 1. The minimum atomic E-state index is -1.11. The molecule has 0 saturated heterocycles. The first kappa shape index (κ1) is 23.4. The van der Waals surface area contributed by atoms with Gasteiger partial charge in [0, 0.05) is 5.56 Å². The van der Waals surface area contributed by atoms with E-state index in [-0.39, 0.29) is 28.5 Å². The fraction of sp³-hybridized carbons (Fsp3) is 0.0769. The summed E-state index contributed by atoms with van der Waals surface area (Å²) in [6.07, 6.45) is 3.33. The lowest BCUT2D eigenvalue weighted by Crippen LogP contribution is -2.14. The van der Waals surface area contributed by atoms with Gasteiger partial charge in [-0.25, -0.2) is 13.9 Å². The highest BCUT2D eigenvalue weighted by Gasteiger charge is 2.14. The van der Waals surface area contributed by atoms with Gasteiger partial charge in [0.1, 0.15) is 17.3 Å². The molecule has 0 aliphatic rings. The smallest absolute Gasteiger partial charge is 0.335 e. The number of phenols is 1. The Kier molecular flexibility index (Phi) is 6.41. The topological polar surface area (TPSA) is 120 Å². The molecule has 0 amide bonds. The summed E-state index contributed by atoms with van der Waals surface area (Å²) in [7, 11) is 0. The molecule has 1 aromatic heterocycles. The molecule has 0 spiro atoms. The zero-order chi connectivity index (χ0) is 25.1. The van der Waals surface area contributed by atoms with Gasteiger partial charge in [-0.05, 0) is 61.4 Å². The van der Waals surface area contributed by atoms with Gasteiger partial charge in [0.05, 0.1) is 16.9 Å². The number of carboxylic acid groups (broad SMARTS) is 1.